The van der Waals surface area contributed by atoms with Crippen molar-refractivity contribution in [2.45, 2.75) is 19.3 Å². The van der Waals surface area contributed by atoms with E-state index in [1.54, 1.807) is 20.3 Å². The van der Waals surface area contributed by atoms with Crippen molar-refractivity contribution in [3.63, 3.8) is 0 Å². The molecule has 0 spiro atoms. The SMILES string of the molecule is COC(=O)CCC(=O)c1sc2cc(OC)c(OC)cc2c1OCCCN. The second kappa shape index (κ2) is 9.40. The molecular weight excluding hydrogens is 358 g/mol. The molecule has 7 nitrogen and oxygen atoms in total. The summed E-state index contributed by atoms with van der Waals surface area (Å²) in [4.78, 5) is 24.4. The van der Waals surface area contributed by atoms with E-state index in [1.165, 1.54) is 18.4 Å². The van der Waals surface area contributed by atoms with Crippen LogP contribution in [0, 0.1) is 0 Å². The van der Waals surface area contributed by atoms with E-state index in [1.807, 2.05) is 6.07 Å². The minimum Gasteiger partial charge on any atom is -0.493 e. The molecule has 0 bridgehead atoms. The Hall–Kier alpha value is -2.32. The van der Waals surface area contributed by atoms with Crippen LogP contribution in [0.5, 0.6) is 17.2 Å². The zero-order valence-electron chi connectivity index (χ0n) is 15.1. The van der Waals surface area contributed by atoms with Crippen LogP contribution >= 0.6 is 11.3 Å². The monoisotopic (exact) mass is 381 g/mol. The van der Waals surface area contributed by atoms with Gasteiger partial charge in [-0.15, -0.1) is 11.3 Å². The molecule has 0 aliphatic carbocycles. The third kappa shape index (κ3) is 4.44. The van der Waals surface area contributed by atoms with Gasteiger partial charge in [0.25, 0.3) is 0 Å². The van der Waals surface area contributed by atoms with Crippen LogP contribution in [0.1, 0.15) is 28.9 Å². The first kappa shape index (κ1) is 20.0. The van der Waals surface area contributed by atoms with E-state index in [0.29, 0.717) is 41.7 Å². The van der Waals surface area contributed by atoms with Gasteiger partial charge >= 0.3 is 5.97 Å². The predicted octanol–water partition coefficient (Wildman–Crippen LogP) is 2.78. The van der Waals surface area contributed by atoms with E-state index >= 15 is 0 Å². The Morgan fingerprint density at radius 3 is 2.38 bits per heavy atom. The largest absolute Gasteiger partial charge is 0.493 e. The first-order valence-electron chi connectivity index (χ1n) is 8.17. The highest BCUT2D eigenvalue weighted by atomic mass is 32.1. The summed E-state index contributed by atoms with van der Waals surface area (Å²) in [7, 11) is 4.40. The number of esters is 1. The number of ether oxygens (including phenoxy) is 4. The third-order valence-electron chi connectivity index (χ3n) is 3.78. The molecule has 0 amide bonds. The number of hydrogen-bond donors (Lipinski definition) is 1. The summed E-state index contributed by atoms with van der Waals surface area (Å²) >= 11 is 1.30. The third-order valence-corrected chi connectivity index (χ3v) is 4.96. The van der Waals surface area contributed by atoms with Crippen molar-refractivity contribution in [1.29, 1.82) is 0 Å². The summed E-state index contributed by atoms with van der Waals surface area (Å²) in [5.41, 5.74) is 5.53. The Kier molecular flexibility index (Phi) is 7.23. The van der Waals surface area contributed by atoms with Gasteiger partial charge in [-0.2, -0.15) is 0 Å². The fourth-order valence-electron chi connectivity index (χ4n) is 2.42. The zero-order valence-corrected chi connectivity index (χ0v) is 15.9. The number of hydrogen-bond acceptors (Lipinski definition) is 8. The summed E-state index contributed by atoms with van der Waals surface area (Å²) in [5.74, 6) is 1.03. The van der Waals surface area contributed by atoms with Crippen molar-refractivity contribution in [2.75, 3.05) is 34.5 Å². The molecule has 1 aromatic heterocycles. The lowest BCUT2D eigenvalue weighted by Crippen LogP contribution is -2.09. The minimum absolute atomic E-state index is 0.0263. The number of carbonyl (C=O) groups is 2. The van der Waals surface area contributed by atoms with Gasteiger partial charge in [0.2, 0.25) is 0 Å². The molecule has 2 aromatic rings. The maximum Gasteiger partial charge on any atom is 0.305 e. The topological polar surface area (TPSA) is 97.1 Å². The standard InChI is InChI=1S/C18H23NO6S/c1-22-13-9-11-15(10-14(13)23-2)26-18(17(11)25-8-4-7-19)12(20)5-6-16(21)24-3/h9-10H,4-8,19H2,1-3H3. The van der Waals surface area contributed by atoms with Gasteiger partial charge in [0.05, 0.1) is 34.4 Å². The smallest absolute Gasteiger partial charge is 0.305 e. The van der Waals surface area contributed by atoms with E-state index in [0.717, 1.165) is 10.1 Å². The van der Waals surface area contributed by atoms with Crippen LogP contribution in [0.4, 0.5) is 0 Å². The highest BCUT2D eigenvalue weighted by Gasteiger charge is 2.22. The van der Waals surface area contributed by atoms with Crippen LogP contribution in [0.25, 0.3) is 10.1 Å². The van der Waals surface area contributed by atoms with Gasteiger partial charge in [-0.25, -0.2) is 0 Å². The molecule has 1 aromatic carbocycles. The summed E-state index contributed by atoms with van der Waals surface area (Å²) in [6.07, 6.45) is 0.750. The Balaban J connectivity index is 2.43. The van der Waals surface area contributed by atoms with Gasteiger partial charge in [-0.1, -0.05) is 0 Å². The molecule has 0 aliphatic heterocycles. The molecule has 1 heterocycles. The van der Waals surface area contributed by atoms with Gasteiger partial charge in [-0.05, 0) is 19.0 Å². The fourth-order valence-corrected chi connectivity index (χ4v) is 3.54. The lowest BCUT2D eigenvalue weighted by Gasteiger charge is -2.09. The molecule has 0 saturated heterocycles. The summed E-state index contributed by atoms with van der Waals surface area (Å²) < 4.78 is 22.0. The van der Waals surface area contributed by atoms with Crippen LogP contribution < -0.4 is 19.9 Å². The quantitative estimate of drug-likeness (QED) is 0.384. The van der Waals surface area contributed by atoms with Gasteiger partial charge in [-0.3, -0.25) is 9.59 Å². The molecule has 2 N–H and O–H groups in total. The van der Waals surface area contributed by atoms with Crippen molar-refractivity contribution < 1.29 is 28.5 Å². The number of benzene rings is 1. The second-order valence-corrected chi connectivity index (χ2v) is 6.51. The molecule has 0 aliphatic rings. The Morgan fingerprint density at radius 1 is 1.08 bits per heavy atom. The molecule has 0 saturated carbocycles. The number of nitrogens with two attached hydrogens (primary N) is 1. The second-order valence-electron chi connectivity index (χ2n) is 5.45. The number of methoxy groups -OCH3 is 3. The Morgan fingerprint density at radius 2 is 1.77 bits per heavy atom. The molecule has 0 radical (unpaired) electrons. The molecule has 2 rings (SSSR count). The van der Waals surface area contributed by atoms with Crippen LogP contribution in [-0.2, 0) is 9.53 Å². The van der Waals surface area contributed by atoms with Crippen molar-refractivity contribution in [3.8, 4) is 17.2 Å². The van der Waals surface area contributed by atoms with Crippen molar-refractivity contribution in [2.24, 2.45) is 5.73 Å². The maximum atomic E-state index is 12.6. The van der Waals surface area contributed by atoms with Crippen LogP contribution in [0.15, 0.2) is 12.1 Å². The number of rotatable bonds is 10. The van der Waals surface area contributed by atoms with E-state index in [4.69, 9.17) is 19.9 Å². The van der Waals surface area contributed by atoms with Crippen LogP contribution in [0.2, 0.25) is 0 Å². The highest BCUT2D eigenvalue weighted by Crippen LogP contribution is 2.44. The molecular formula is C18H23NO6S. The molecule has 8 heteroatoms. The number of Topliss-reactive ketones (excluding diaryl/α,β-unsaturated/α-hetero) is 1. The molecule has 0 atom stereocenters. The van der Waals surface area contributed by atoms with Crippen molar-refractivity contribution >= 4 is 33.2 Å². The number of carbonyl (C=O) groups excluding carboxylic acids is 2. The average molecular weight is 381 g/mol. The van der Waals surface area contributed by atoms with Crippen molar-refractivity contribution in [3.05, 3.63) is 17.0 Å². The first-order valence-corrected chi connectivity index (χ1v) is 8.98. The van der Waals surface area contributed by atoms with Gasteiger partial charge in [0, 0.05) is 22.6 Å². The Bertz CT molecular complexity index is 786. The van der Waals surface area contributed by atoms with Gasteiger partial charge < -0.3 is 24.7 Å². The van der Waals surface area contributed by atoms with E-state index in [2.05, 4.69) is 4.74 Å². The molecule has 0 fully saturated rings. The lowest BCUT2D eigenvalue weighted by atomic mass is 10.1. The fraction of sp³-hybridized carbons (Fsp3) is 0.444. The number of ketones is 1. The molecule has 142 valence electrons. The van der Waals surface area contributed by atoms with Gasteiger partial charge in [0.1, 0.15) is 10.6 Å². The maximum absolute atomic E-state index is 12.6. The lowest BCUT2D eigenvalue weighted by molar-refractivity contribution is -0.140. The van der Waals surface area contributed by atoms with Crippen molar-refractivity contribution in [1.82, 2.24) is 0 Å². The average Bonchev–Trinajstić information content (AvgIpc) is 3.02. The normalized spacial score (nSPS) is 10.6. The van der Waals surface area contributed by atoms with Gasteiger partial charge in [0.15, 0.2) is 17.3 Å². The number of fused-ring (bicyclic) bond motifs is 1. The predicted molar refractivity (Wildman–Crippen MR) is 99.7 cm³/mol. The van der Waals surface area contributed by atoms with E-state index < -0.39 is 5.97 Å². The zero-order chi connectivity index (χ0) is 19.1. The minimum atomic E-state index is -0.423. The van der Waals surface area contributed by atoms with E-state index in [-0.39, 0.29) is 18.6 Å². The Labute approximate surface area is 156 Å². The summed E-state index contributed by atoms with van der Waals surface area (Å²) in [6, 6.07) is 3.60. The van der Waals surface area contributed by atoms with Crippen LogP contribution in [0.3, 0.4) is 0 Å². The van der Waals surface area contributed by atoms with E-state index in [9.17, 15) is 9.59 Å². The number of thiophene rings is 1. The molecule has 26 heavy (non-hydrogen) atoms. The highest BCUT2D eigenvalue weighted by molar-refractivity contribution is 7.21. The summed E-state index contributed by atoms with van der Waals surface area (Å²) in [5, 5.41) is 0.770. The summed E-state index contributed by atoms with van der Waals surface area (Å²) in [6.45, 7) is 0.888. The molecule has 0 unspecified atom stereocenters. The van der Waals surface area contributed by atoms with Crippen LogP contribution in [-0.4, -0.2) is 46.2 Å². The first-order chi connectivity index (χ1) is 12.5.